The second-order valence-electron chi connectivity index (χ2n) is 4.89. The molecular weight excluding hydrogens is 350 g/mol. The van der Waals surface area contributed by atoms with Crippen LogP contribution in [0, 0.1) is 0 Å². The molecule has 124 valence electrons. The number of nitrogens with zero attached hydrogens (tertiary/aromatic N) is 2. The zero-order chi connectivity index (χ0) is 17.1. The van der Waals surface area contributed by atoms with Crippen LogP contribution in [0.5, 0.6) is 0 Å². The number of thioether (sulfide) groups is 1. The van der Waals surface area contributed by atoms with Crippen molar-refractivity contribution in [2.75, 3.05) is 11.4 Å². The van der Waals surface area contributed by atoms with Crippen LogP contribution in [0.25, 0.3) is 10.2 Å². The quantitative estimate of drug-likeness (QED) is 0.578. The number of anilines is 1. The number of alkyl halides is 2. The number of benzene rings is 2. The van der Waals surface area contributed by atoms with Crippen LogP contribution in [0.15, 0.2) is 53.4 Å². The fraction of sp³-hybridized carbons (Fsp3) is 0.176. The Bertz CT molecular complexity index is 833. The highest BCUT2D eigenvalue weighted by molar-refractivity contribution is 7.99. The smallest absolute Gasteiger partial charge is 0.284 e. The summed E-state index contributed by atoms with van der Waals surface area (Å²) in [7, 11) is 0. The molecule has 24 heavy (non-hydrogen) atoms. The topological polar surface area (TPSA) is 33.2 Å². The van der Waals surface area contributed by atoms with Gasteiger partial charge >= 0.3 is 0 Å². The average Bonchev–Trinajstić information content (AvgIpc) is 2.99. The van der Waals surface area contributed by atoms with Crippen LogP contribution in [0.3, 0.4) is 0 Å². The molecule has 1 amide bonds. The standard InChI is InChI=1S/C17H14F2N2OS2/c1-2-21(17-20-12-8-4-6-10-14(12)24-17)15(22)11-7-3-5-9-13(11)23-16(18)19/h3-10,16H,2H2,1H3. The van der Waals surface area contributed by atoms with Crippen molar-refractivity contribution in [2.45, 2.75) is 17.6 Å². The molecule has 0 atom stereocenters. The van der Waals surface area contributed by atoms with Gasteiger partial charge in [0.2, 0.25) is 0 Å². The van der Waals surface area contributed by atoms with Gasteiger partial charge in [-0.1, -0.05) is 47.4 Å². The third kappa shape index (κ3) is 3.42. The molecule has 0 bridgehead atoms. The van der Waals surface area contributed by atoms with Gasteiger partial charge in [-0.25, -0.2) is 4.98 Å². The number of hydrogen-bond acceptors (Lipinski definition) is 4. The van der Waals surface area contributed by atoms with E-state index in [1.807, 2.05) is 31.2 Å². The number of amides is 1. The van der Waals surface area contributed by atoms with E-state index in [2.05, 4.69) is 4.98 Å². The Kier molecular flexibility index (Phi) is 5.11. The van der Waals surface area contributed by atoms with Crippen molar-refractivity contribution < 1.29 is 13.6 Å². The number of carbonyl (C=O) groups excluding carboxylic acids is 1. The molecule has 0 radical (unpaired) electrons. The normalized spacial score (nSPS) is 11.2. The van der Waals surface area contributed by atoms with Crippen LogP contribution in [0.1, 0.15) is 17.3 Å². The fourth-order valence-corrected chi connectivity index (χ4v) is 3.99. The molecule has 0 aliphatic carbocycles. The number of aromatic nitrogens is 1. The first-order valence-electron chi connectivity index (χ1n) is 7.31. The maximum absolute atomic E-state index is 12.9. The van der Waals surface area contributed by atoms with Gasteiger partial charge in [-0.15, -0.1) is 0 Å². The van der Waals surface area contributed by atoms with E-state index in [1.54, 1.807) is 18.2 Å². The molecule has 0 spiro atoms. The Morgan fingerprint density at radius 3 is 2.62 bits per heavy atom. The third-order valence-corrected chi connectivity index (χ3v) is 5.26. The molecule has 0 saturated carbocycles. The summed E-state index contributed by atoms with van der Waals surface area (Å²) in [5.41, 5.74) is 1.09. The van der Waals surface area contributed by atoms with E-state index in [-0.39, 0.29) is 16.4 Å². The van der Waals surface area contributed by atoms with Gasteiger partial charge < -0.3 is 0 Å². The number of para-hydroxylation sites is 1. The lowest BCUT2D eigenvalue weighted by Gasteiger charge is -2.19. The molecule has 7 heteroatoms. The van der Waals surface area contributed by atoms with Crippen LogP contribution < -0.4 is 4.90 Å². The molecule has 0 saturated heterocycles. The summed E-state index contributed by atoms with van der Waals surface area (Å²) in [5, 5.41) is 0.570. The van der Waals surface area contributed by atoms with Gasteiger partial charge in [0.05, 0.1) is 15.8 Å². The van der Waals surface area contributed by atoms with Crippen LogP contribution in [-0.2, 0) is 0 Å². The van der Waals surface area contributed by atoms with Gasteiger partial charge in [-0.05, 0) is 31.2 Å². The number of hydrogen-bond donors (Lipinski definition) is 0. The molecule has 0 fully saturated rings. The summed E-state index contributed by atoms with van der Waals surface area (Å²) in [6, 6.07) is 14.1. The molecule has 1 heterocycles. The SMILES string of the molecule is CCN(C(=O)c1ccccc1SC(F)F)c1nc2ccccc2s1. The first-order valence-corrected chi connectivity index (χ1v) is 9.01. The van der Waals surface area contributed by atoms with Crippen LogP contribution in [-0.4, -0.2) is 23.2 Å². The summed E-state index contributed by atoms with van der Waals surface area (Å²) in [6.45, 7) is 2.25. The van der Waals surface area contributed by atoms with Crippen molar-refractivity contribution in [2.24, 2.45) is 0 Å². The van der Waals surface area contributed by atoms with Crippen molar-refractivity contribution >= 4 is 44.4 Å². The summed E-state index contributed by atoms with van der Waals surface area (Å²) in [4.78, 5) is 19.2. The minimum Gasteiger partial charge on any atom is -0.284 e. The Morgan fingerprint density at radius 2 is 1.92 bits per heavy atom. The molecule has 3 aromatic rings. The van der Waals surface area contributed by atoms with Crippen LogP contribution in [0.2, 0.25) is 0 Å². The molecule has 3 rings (SSSR count). The lowest BCUT2D eigenvalue weighted by Crippen LogP contribution is -2.30. The highest BCUT2D eigenvalue weighted by atomic mass is 32.2. The lowest BCUT2D eigenvalue weighted by atomic mass is 10.2. The van der Waals surface area contributed by atoms with E-state index in [1.165, 1.54) is 22.3 Å². The molecule has 0 N–H and O–H groups in total. The van der Waals surface area contributed by atoms with E-state index in [9.17, 15) is 13.6 Å². The van der Waals surface area contributed by atoms with Gasteiger partial charge in [-0.3, -0.25) is 9.69 Å². The molecule has 0 unspecified atom stereocenters. The molecule has 1 aromatic heterocycles. The van der Waals surface area contributed by atoms with Gasteiger partial charge in [-0.2, -0.15) is 8.78 Å². The number of carbonyl (C=O) groups is 1. The van der Waals surface area contributed by atoms with E-state index >= 15 is 0 Å². The first kappa shape index (κ1) is 16.9. The molecule has 0 aliphatic heterocycles. The second kappa shape index (κ2) is 7.27. The average molecular weight is 364 g/mol. The largest absolute Gasteiger partial charge is 0.288 e. The number of fused-ring (bicyclic) bond motifs is 1. The fourth-order valence-electron chi connectivity index (χ4n) is 2.33. The van der Waals surface area contributed by atoms with E-state index < -0.39 is 5.76 Å². The molecular formula is C17H14F2N2OS2. The van der Waals surface area contributed by atoms with E-state index in [0.717, 1.165) is 10.2 Å². The summed E-state index contributed by atoms with van der Waals surface area (Å²) < 4.78 is 26.5. The Hall–Kier alpha value is -1.99. The minimum absolute atomic E-state index is 0.268. The maximum atomic E-state index is 12.9. The molecule has 0 aliphatic rings. The number of halogens is 2. The van der Waals surface area contributed by atoms with Crippen molar-refractivity contribution in [3.8, 4) is 0 Å². The van der Waals surface area contributed by atoms with Crippen molar-refractivity contribution in [3.05, 3.63) is 54.1 Å². The Morgan fingerprint density at radius 1 is 1.21 bits per heavy atom. The monoisotopic (exact) mass is 364 g/mol. The van der Waals surface area contributed by atoms with Gasteiger partial charge in [0, 0.05) is 11.4 Å². The maximum Gasteiger partial charge on any atom is 0.288 e. The van der Waals surface area contributed by atoms with Crippen molar-refractivity contribution in [3.63, 3.8) is 0 Å². The third-order valence-electron chi connectivity index (χ3n) is 3.41. The van der Waals surface area contributed by atoms with Crippen molar-refractivity contribution in [1.29, 1.82) is 0 Å². The van der Waals surface area contributed by atoms with Gasteiger partial charge in [0.15, 0.2) is 5.13 Å². The lowest BCUT2D eigenvalue weighted by molar-refractivity contribution is 0.0985. The Balaban J connectivity index is 1.97. The number of rotatable bonds is 5. The summed E-state index contributed by atoms with van der Waals surface area (Å²) >= 11 is 1.80. The van der Waals surface area contributed by atoms with E-state index in [4.69, 9.17) is 0 Å². The first-order chi connectivity index (χ1) is 11.6. The summed E-state index contributed by atoms with van der Waals surface area (Å²) in [5.74, 6) is -2.89. The minimum atomic E-state index is -2.57. The number of thiazole rings is 1. The molecule has 2 aromatic carbocycles. The van der Waals surface area contributed by atoms with Gasteiger partial charge in [0.1, 0.15) is 0 Å². The van der Waals surface area contributed by atoms with Gasteiger partial charge in [0.25, 0.3) is 11.7 Å². The zero-order valence-corrected chi connectivity index (χ0v) is 14.4. The van der Waals surface area contributed by atoms with E-state index in [0.29, 0.717) is 23.4 Å². The zero-order valence-electron chi connectivity index (χ0n) is 12.8. The summed E-state index contributed by atoms with van der Waals surface area (Å²) in [6.07, 6.45) is 0. The predicted molar refractivity (Wildman–Crippen MR) is 95.3 cm³/mol. The Labute approximate surface area is 146 Å². The second-order valence-corrected chi connectivity index (χ2v) is 6.93. The highest BCUT2D eigenvalue weighted by Gasteiger charge is 2.23. The highest BCUT2D eigenvalue weighted by Crippen LogP contribution is 2.32. The van der Waals surface area contributed by atoms with Crippen LogP contribution in [0.4, 0.5) is 13.9 Å². The predicted octanol–water partition coefficient (Wildman–Crippen LogP) is 5.28. The molecule has 3 nitrogen and oxygen atoms in total. The van der Waals surface area contributed by atoms with Crippen molar-refractivity contribution in [1.82, 2.24) is 4.98 Å². The van der Waals surface area contributed by atoms with Crippen LogP contribution >= 0.6 is 23.1 Å².